The average molecular weight is 803 g/mol. The Bertz CT molecular complexity index is 1010. The molecule has 0 fully saturated rings. The van der Waals surface area contributed by atoms with Crippen molar-refractivity contribution in [1.29, 1.82) is 0 Å². The summed E-state index contributed by atoms with van der Waals surface area (Å²) in [7, 11) is 1.44. The number of nitrogens with zero attached hydrogens (tertiary/aromatic N) is 1. The Morgan fingerprint density at radius 3 is 1.64 bits per heavy atom. The van der Waals surface area contributed by atoms with Crippen LogP contribution in [0.25, 0.3) is 0 Å². The van der Waals surface area contributed by atoms with Crippen LogP contribution in [0.2, 0.25) is 0 Å². The highest BCUT2D eigenvalue weighted by molar-refractivity contribution is 7.47. The Morgan fingerprint density at radius 2 is 1.09 bits per heavy atom. The molecule has 3 atom stereocenters. The number of phosphoric acid groups is 1. The first kappa shape index (κ1) is 53.5. The van der Waals surface area contributed by atoms with Gasteiger partial charge < -0.3 is 24.0 Å². The summed E-state index contributed by atoms with van der Waals surface area (Å²) in [6.07, 6.45) is 35.3. The first-order valence-corrected chi connectivity index (χ1v) is 23.6. The third-order valence-electron chi connectivity index (χ3n) is 9.53. The molecule has 0 aliphatic heterocycles. The van der Waals surface area contributed by atoms with Gasteiger partial charge in [-0.05, 0) is 64.2 Å². The van der Waals surface area contributed by atoms with Gasteiger partial charge in [0.15, 0.2) is 6.10 Å². The van der Waals surface area contributed by atoms with Crippen molar-refractivity contribution in [3.8, 4) is 0 Å². The predicted octanol–water partition coefficient (Wildman–Crippen LogP) is 11.3. The van der Waals surface area contributed by atoms with Crippen LogP contribution in [-0.4, -0.2) is 86.1 Å². The number of carbonyl (C=O) groups excluding carboxylic acids is 2. The molecule has 0 saturated heterocycles. The zero-order valence-corrected chi connectivity index (χ0v) is 36.9. The Hall–Kier alpha value is -1.55. The van der Waals surface area contributed by atoms with Crippen molar-refractivity contribution in [2.75, 3.05) is 47.5 Å². The highest BCUT2D eigenvalue weighted by Gasteiger charge is 2.27. The van der Waals surface area contributed by atoms with Crippen molar-refractivity contribution in [2.45, 2.75) is 199 Å². The predicted molar refractivity (Wildman–Crippen MR) is 226 cm³/mol. The van der Waals surface area contributed by atoms with E-state index in [-0.39, 0.29) is 32.2 Å². The number of rotatable bonds is 40. The minimum Gasteiger partial charge on any atom is -0.462 e. The Balaban J connectivity index is 4.42. The molecule has 324 valence electrons. The number of likely N-dealkylation sites (N-methyl/N-ethyl adjacent to an activating group) is 1. The lowest BCUT2D eigenvalue weighted by Crippen LogP contribution is -2.37. The van der Waals surface area contributed by atoms with Gasteiger partial charge in [-0.3, -0.25) is 18.6 Å². The molecule has 0 bridgehead atoms. The largest absolute Gasteiger partial charge is 0.472 e. The van der Waals surface area contributed by atoms with E-state index in [1.807, 2.05) is 21.1 Å². The number of ether oxygens (including phenoxy) is 2. The van der Waals surface area contributed by atoms with Crippen molar-refractivity contribution in [1.82, 2.24) is 0 Å². The van der Waals surface area contributed by atoms with Gasteiger partial charge in [-0.15, -0.1) is 0 Å². The van der Waals surface area contributed by atoms with Crippen LogP contribution in [0.15, 0.2) is 24.3 Å². The second-order valence-electron chi connectivity index (χ2n) is 16.3. The standard InChI is InChI=1S/C44H84NO9P/c1-6-8-10-12-13-14-15-16-17-18-19-20-25-28-32-36-44(48)54-42(40-53-55(49,50)52-38-37-45(3,4)5)39-51-43(47)35-31-27-24-22-21-23-26-30-34-41(46)33-29-11-9-7-2/h16-17,26,30,41-42,46H,6-15,18-25,27-29,31-40H2,1-5H3/p+1/b17-16-,30-26+/t41?,42-/m1/s1. The third kappa shape index (κ3) is 40.4. The first-order chi connectivity index (χ1) is 26.4. The quantitative estimate of drug-likeness (QED) is 0.0204. The van der Waals surface area contributed by atoms with Crippen LogP contribution < -0.4 is 0 Å². The van der Waals surface area contributed by atoms with E-state index in [2.05, 4.69) is 38.2 Å². The van der Waals surface area contributed by atoms with Crippen molar-refractivity contribution in [2.24, 2.45) is 0 Å². The van der Waals surface area contributed by atoms with Crippen LogP contribution in [0.5, 0.6) is 0 Å². The maximum Gasteiger partial charge on any atom is 0.472 e. The van der Waals surface area contributed by atoms with E-state index < -0.39 is 32.5 Å². The number of esters is 2. The number of quaternary nitrogens is 1. The maximum atomic E-state index is 12.7. The van der Waals surface area contributed by atoms with E-state index >= 15 is 0 Å². The SMILES string of the molecule is CCCCCCCC/C=C\CCCCCCCC(=O)O[C@H](COC(=O)CCCCCCC/C=C/CC(O)CCCCCC)COP(=O)(O)OCC[N+](C)(C)C. The molecule has 0 aromatic rings. The second kappa shape index (κ2) is 36.8. The fraction of sp³-hybridized carbons (Fsp3) is 0.864. The lowest BCUT2D eigenvalue weighted by molar-refractivity contribution is -0.870. The molecule has 55 heavy (non-hydrogen) atoms. The lowest BCUT2D eigenvalue weighted by atomic mass is 10.1. The van der Waals surface area contributed by atoms with E-state index in [9.17, 15) is 24.2 Å². The van der Waals surface area contributed by atoms with Crippen LogP contribution in [0, 0.1) is 0 Å². The molecule has 2 unspecified atom stereocenters. The minimum atomic E-state index is -4.39. The molecule has 10 nitrogen and oxygen atoms in total. The molecule has 0 aromatic heterocycles. The second-order valence-corrected chi connectivity index (χ2v) is 17.7. The van der Waals surface area contributed by atoms with E-state index in [1.165, 1.54) is 64.2 Å². The summed E-state index contributed by atoms with van der Waals surface area (Å²) in [5.74, 6) is -0.852. The number of hydrogen-bond acceptors (Lipinski definition) is 8. The van der Waals surface area contributed by atoms with E-state index in [0.717, 1.165) is 83.5 Å². The van der Waals surface area contributed by atoms with Gasteiger partial charge in [-0.25, -0.2) is 4.57 Å². The van der Waals surface area contributed by atoms with Crippen molar-refractivity contribution in [3.05, 3.63) is 24.3 Å². The van der Waals surface area contributed by atoms with Gasteiger partial charge in [0.25, 0.3) is 0 Å². The number of aliphatic hydroxyl groups is 1. The smallest absolute Gasteiger partial charge is 0.462 e. The average Bonchev–Trinajstić information content (AvgIpc) is 3.13. The van der Waals surface area contributed by atoms with E-state index in [1.54, 1.807) is 0 Å². The maximum absolute atomic E-state index is 12.7. The van der Waals surface area contributed by atoms with Crippen molar-refractivity contribution < 1.29 is 47.2 Å². The zero-order chi connectivity index (χ0) is 40.9. The molecule has 0 aliphatic carbocycles. The highest BCUT2D eigenvalue weighted by Crippen LogP contribution is 2.43. The summed E-state index contributed by atoms with van der Waals surface area (Å²) in [5.41, 5.74) is 0. The molecule has 0 heterocycles. The molecule has 0 amide bonds. The van der Waals surface area contributed by atoms with Gasteiger partial charge in [0.05, 0.1) is 33.9 Å². The fourth-order valence-corrected chi connectivity index (χ4v) is 6.70. The monoisotopic (exact) mass is 803 g/mol. The third-order valence-corrected chi connectivity index (χ3v) is 10.5. The van der Waals surface area contributed by atoms with Gasteiger partial charge in [0.2, 0.25) is 0 Å². The molecule has 0 radical (unpaired) electrons. The van der Waals surface area contributed by atoms with Crippen molar-refractivity contribution >= 4 is 19.8 Å². The summed E-state index contributed by atoms with van der Waals surface area (Å²) >= 11 is 0. The van der Waals surface area contributed by atoms with Crippen LogP contribution in [0.3, 0.4) is 0 Å². The van der Waals surface area contributed by atoms with Gasteiger partial charge in [0.1, 0.15) is 19.8 Å². The van der Waals surface area contributed by atoms with Crippen LogP contribution in [0.4, 0.5) is 0 Å². The Labute approximate surface area is 337 Å². The summed E-state index contributed by atoms with van der Waals surface area (Å²) in [6, 6.07) is 0. The zero-order valence-electron chi connectivity index (χ0n) is 36.0. The van der Waals surface area contributed by atoms with Gasteiger partial charge in [-0.2, -0.15) is 0 Å². The summed E-state index contributed by atoms with van der Waals surface area (Å²) in [5, 5.41) is 10.1. The number of aliphatic hydroxyl groups excluding tert-OH is 1. The number of hydrogen-bond donors (Lipinski definition) is 2. The highest BCUT2D eigenvalue weighted by atomic mass is 31.2. The molecular weight excluding hydrogens is 717 g/mol. The number of carbonyl (C=O) groups is 2. The lowest BCUT2D eigenvalue weighted by Gasteiger charge is -2.24. The molecule has 0 aliphatic rings. The Kier molecular flexibility index (Phi) is 35.7. The molecule has 0 spiro atoms. The number of unbranched alkanes of at least 4 members (excludes halogenated alkanes) is 19. The van der Waals surface area contributed by atoms with E-state index in [4.69, 9.17) is 18.5 Å². The van der Waals surface area contributed by atoms with Crippen LogP contribution in [-0.2, 0) is 32.7 Å². The van der Waals surface area contributed by atoms with Crippen molar-refractivity contribution in [3.63, 3.8) is 0 Å². The molecular formula is C44H85NO9P+. The number of allylic oxidation sites excluding steroid dienone is 3. The molecule has 2 N–H and O–H groups in total. The summed E-state index contributed by atoms with van der Waals surface area (Å²) in [6.45, 7) is 4.28. The molecule has 0 saturated carbocycles. The van der Waals surface area contributed by atoms with Crippen LogP contribution in [0.1, 0.15) is 187 Å². The first-order valence-electron chi connectivity index (χ1n) is 22.1. The normalized spacial score (nSPS) is 14.4. The Morgan fingerprint density at radius 1 is 0.618 bits per heavy atom. The summed E-state index contributed by atoms with van der Waals surface area (Å²) in [4.78, 5) is 35.3. The van der Waals surface area contributed by atoms with Gasteiger partial charge in [0, 0.05) is 12.8 Å². The van der Waals surface area contributed by atoms with Gasteiger partial charge in [-0.1, -0.05) is 134 Å². The number of phosphoric ester groups is 1. The van der Waals surface area contributed by atoms with Gasteiger partial charge >= 0.3 is 19.8 Å². The molecule has 11 heteroatoms. The minimum absolute atomic E-state index is 0.0201. The topological polar surface area (TPSA) is 129 Å². The summed E-state index contributed by atoms with van der Waals surface area (Å²) < 4.78 is 34.2. The van der Waals surface area contributed by atoms with Crippen LogP contribution >= 0.6 is 7.82 Å². The molecule has 0 rings (SSSR count). The molecule has 0 aromatic carbocycles. The van der Waals surface area contributed by atoms with E-state index in [0.29, 0.717) is 23.9 Å². The fourth-order valence-electron chi connectivity index (χ4n) is 5.96.